The predicted molar refractivity (Wildman–Crippen MR) is 207 cm³/mol. The third-order valence-corrected chi connectivity index (χ3v) is 9.26. The molecule has 1 aliphatic rings. The number of anilines is 1. The van der Waals surface area contributed by atoms with E-state index in [2.05, 4.69) is 26.6 Å². The summed E-state index contributed by atoms with van der Waals surface area (Å²) in [5.74, 6) is -1.08. The SMILES string of the molecule is CCNC(=O)[C@@H](NC(O)[C@H](C)NC[C@H](Cc1ccccc1)NC(=O)c1cc(C(=O)N[C@H](C)c2ccccc2)cc(N2CC(C)(C)COC2=O)c1)C(C)C. The molecule has 0 aliphatic carbocycles. The van der Waals surface area contributed by atoms with E-state index in [0.29, 0.717) is 25.2 Å². The quantitative estimate of drug-likeness (QED) is 0.111. The standard InChI is InChI=1S/C41H56N6O6/c1-8-42-39(51)35(26(2)3)46-36(48)28(5)43-23-33(19-29-15-11-9-12-16-29)45-38(50)32-20-31(37(49)44-27(4)30-17-13-10-14-18-30)21-34(22-32)47-24-41(6,7)25-53-40(47)52/h9-18,20-22,26-28,33,35-36,43,46,48H,8,19,23-25H2,1-7H3,(H,42,51)(H,44,49)(H,45,50)/t27-,28+,33+,35+,36?/m1/s1. The Morgan fingerprint density at radius 1 is 0.887 bits per heavy atom. The molecule has 6 N–H and O–H groups in total. The minimum Gasteiger partial charge on any atom is -0.449 e. The van der Waals surface area contributed by atoms with Crippen molar-refractivity contribution in [1.29, 1.82) is 0 Å². The molecule has 3 aromatic carbocycles. The van der Waals surface area contributed by atoms with Crippen molar-refractivity contribution in [2.24, 2.45) is 11.3 Å². The monoisotopic (exact) mass is 728 g/mol. The van der Waals surface area contributed by atoms with E-state index >= 15 is 0 Å². The fraction of sp³-hybridized carbons (Fsp3) is 0.463. The van der Waals surface area contributed by atoms with Gasteiger partial charge >= 0.3 is 6.09 Å². The molecule has 53 heavy (non-hydrogen) atoms. The van der Waals surface area contributed by atoms with Crippen LogP contribution < -0.4 is 31.5 Å². The number of hydrogen-bond donors (Lipinski definition) is 6. The molecular weight excluding hydrogens is 672 g/mol. The number of aliphatic hydroxyl groups excluding tert-OH is 1. The smallest absolute Gasteiger partial charge is 0.414 e. The van der Waals surface area contributed by atoms with Gasteiger partial charge < -0.3 is 31.1 Å². The second-order valence-electron chi connectivity index (χ2n) is 15.0. The van der Waals surface area contributed by atoms with Gasteiger partial charge in [-0.3, -0.25) is 24.6 Å². The Morgan fingerprint density at radius 2 is 1.49 bits per heavy atom. The minimum atomic E-state index is -1.05. The van der Waals surface area contributed by atoms with Crippen LogP contribution in [0.2, 0.25) is 0 Å². The molecule has 0 spiro atoms. The number of benzene rings is 3. The van der Waals surface area contributed by atoms with Crippen LogP contribution in [0.1, 0.15) is 86.4 Å². The van der Waals surface area contributed by atoms with E-state index in [4.69, 9.17) is 4.74 Å². The maximum Gasteiger partial charge on any atom is 0.414 e. The second kappa shape index (κ2) is 18.8. The number of likely N-dealkylation sites (N-methyl/N-ethyl adjacent to an activating group) is 1. The first-order valence-corrected chi connectivity index (χ1v) is 18.4. The van der Waals surface area contributed by atoms with E-state index in [0.717, 1.165) is 11.1 Å². The molecule has 1 heterocycles. The van der Waals surface area contributed by atoms with Crippen molar-refractivity contribution in [2.75, 3.05) is 31.1 Å². The van der Waals surface area contributed by atoms with Crippen LogP contribution in [-0.4, -0.2) is 79.5 Å². The average Bonchev–Trinajstić information content (AvgIpc) is 3.14. The van der Waals surface area contributed by atoms with E-state index in [9.17, 15) is 24.3 Å². The van der Waals surface area contributed by atoms with E-state index in [1.54, 1.807) is 19.1 Å². The van der Waals surface area contributed by atoms with E-state index < -0.39 is 42.3 Å². The number of nitrogens with one attached hydrogen (secondary N) is 5. The highest BCUT2D eigenvalue weighted by molar-refractivity contribution is 6.03. The van der Waals surface area contributed by atoms with E-state index in [1.165, 1.54) is 11.0 Å². The molecule has 0 bridgehead atoms. The third-order valence-electron chi connectivity index (χ3n) is 9.26. The zero-order valence-electron chi connectivity index (χ0n) is 31.9. The molecule has 0 saturated carbocycles. The van der Waals surface area contributed by atoms with Gasteiger partial charge in [-0.05, 0) is 62.4 Å². The Bertz CT molecular complexity index is 1680. The number of rotatable bonds is 17. The van der Waals surface area contributed by atoms with Crippen LogP contribution in [-0.2, 0) is 16.0 Å². The Balaban J connectivity index is 1.59. The van der Waals surface area contributed by atoms with Crippen LogP contribution >= 0.6 is 0 Å². The molecule has 1 saturated heterocycles. The van der Waals surface area contributed by atoms with E-state index in [-0.39, 0.29) is 47.6 Å². The van der Waals surface area contributed by atoms with Crippen LogP contribution in [0.3, 0.4) is 0 Å². The lowest BCUT2D eigenvalue weighted by Gasteiger charge is -2.37. The lowest BCUT2D eigenvalue weighted by atomic mass is 9.92. The van der Waals surface area contributed by atoms with Crippen LogP contribution in [0.5, 0.6) is 0 Å². The molecule has 4 amide bonds. The van der Waals surface area contributed by atoms with Crippen LogP contribution in [0.25, 0.3) is 0 Å². The fourth-order valence-electron chi connectivity index (χ4n) is 6.17. The van der Waals surface area contributed by atoms with Gasteiger partial charge in [0.25, 0.3) is 11.8 Å². The summed E-state index contributed by atoms with van der Waals surface area (Å²) in [6, 6.07) is 22.2. The number of cyclic esters (lactones) is 1. The first-order chi connectivity index (χ1) is 25.2. The first-order valence-electron chi connectivity index (χ1n) is 18.4. The summed E-state index contributed by atoms with van der Waals surface area (Å²) in [6.45, 7) is 14.7. The van der Waals surface area contributed by atoms with Gasteiger partial charge in [0.1, 0.15) is 6.23 Å². The Labute approximate surface area is 313 Å². The molecule has 4 rings (SSSR count). The number of amides is 4. The van der Waals surface area contributed by atoms with Crippen molar-refractivity contribution in [1.82, 2.24) is 26.6 Å². The number of carbonyl (C=O) groups excluding carboxylic acids is 4. The van der Waals surface area contributed by atoms with Crippen molar-refractivity contribution < 1.29 is 29.0 Å². The molecule has 0 radical (unpaired) electrons. The van der Waals surface area contributed by atoms with Crippen LogP contribution in [0.4, 0.5) is 10.5 Å². The van der Waals surface area contributed by atoms with Crippen LogP contribution in [0.15, 0.2) is 78.9 Å². The second-order valence-corrected chi connectivity index (χ2v) is 15.0. The topological polar surface area (TPSA) is 161 Å². The Morgan fingerprint density at radius 3 is 2.09 bits per heavy atom. The highest BCUT2D eigenvalue weighted by Crippen LogP contribution is 2.30. The molecule has 286 valence electrons. The van der Waals surface area contributed by atoms with Crippen molar-refractivity contribution in [2.45, 2.75) is 85.3 Å². The fourth-order valence-corrected chi connectivity index (χ4v) is 6.17. The summed E-state index contributed by atoms with van der Waals surface area (Å²) in [6.07, 6.45) is -1.13. The number of ether oxygens (including phenoxy) is 1. The van der Waals surface area contributed by atoms with Gasteiger partial charge in [0.15, 0.2) is 0 Å². The number of aliphatic hydroxyl groups is 1. The maximum absolute atomic E-state index is 14.1. The molecule has 12 nitrogen and oxygen atoms in total. The molecule has 1 fully saturated rings. The summed E-state index contributed by atoms with van der Waals surface area (Å²) >= 11 is 0. The molecule has 0 aromatic heterocycles. The highest BCUT2D eigenvalue weighted by atomic mass is 16.6. The molecule has 1 aliphatic heterocycles. The summed E-state index contributed by atoms with van der Waals surface area (Å²) < 4.78 is 5.48. The van der Waals surface area contributed by atoms with Gasteiger partial charge in [0.2, 0.25) is 5.91 Å². The number of nitrogens with zero attached hydrogens (tertiary/aromatic N) is 1. The van der Waals surface area contributed by atoms with Gasteiger partial charge in [0, 0.05) is 53.9 Å². The van der Waals surface area contributed by atoms with Crippen molar-refractivity contribution >= 4 is 29.5 Å². The summed E-state index contributed by atoms with van der Waals surface area (Å²) in [5, 5.41) is 26.3. The van der Waals surface area contributed by atoms with E-state index in [1.807, 2.05) is 102 Å². The van der Waals surface area contributed by atoms with Crippen LogP contribution in [0, 0.1) is 11.3 Å². The zero-order valence-corrected chi connectivity index (χ0v) is 31.9. The average molecular weight is 729 g/mol. The number of carbonyl (C=O) groups is 4. The Hall–Kier alpha value is -4.78. The van der Waals surface area contributed by atoms with Gasteiger partial charge in [-0.25, -0.2) is 4.79 Å². The predicted octanol–water partition coefficient (Wildman–Crippen LogP) is 4.55. The molecule has 5 atom stereocenters. The van der Waals surface area contributed by atoms with Gasteiger partial charge in [-0.2, -0.15) is 0 Å². The highest BCUT2D eigenvalue weighted by Gasteiger charge is 2.35. The molecule has 3 aromatic rings. The van der Waals surface area contributed by atoms with Gasteiger partial charge in [-0.15, -0.1) is 0 Å². The maximum atomic E-state index is 14.1. The third kappa shape index (κ3) is 11.9. The first kappa shape index (κ1) is 41.0. The summed E-state index contributed by atoms with van der Waals surface area (Å²) in [7, 11) is 0. The lowest BCUT2D eigenvalue weighted by Crippen LogP contribution is -2.57. The minimum absolute atomic E-state index is 0.0596. The summed E-state index contributed by atoms with van der Waals surface area (Å²) in [4.78, 5) is 54.9. The molecule has 1 unspecified atom stereocenters. The van der Waals surface area contributed by atoms with Gasteiger partial charge in [0.05, 0.1) is 18.7 Å². The van der Waals surface area contributed by atoms with Crippen molar-refractivity contribution in [3.05, 3.63) is 101 Å². The Kier molecular flexibility index (Phi) is 14.5. The molecule has 12 heteroatoms. The van der Waals surface area contributed by atoms with Crippen molar-refractivity contribution in [3.8, 4) is 0 Å². The molecular formula is C41H56N6O6. The summed E-state index contributed by atoms with van der Waals surface area (Å²) in [5.41, 5.74) is 2.36. The lowest BCUT2D eigenvalue weighted by molar-refractivity contribution is -0.125. The van der Waals surface area contributed by atoms with Gasteiger partial charge in [-0.1, -0.05) is 88.4 Å². The van der Waals surface area contributed by atoms with Crippen molar-refractivity contribution in [3.63, 3.8) is 0 Å². The zero-order chi connectivity index (χ0) is 38.7. The normalized spacial score (nSPS) is 16.8. The largest absolute Gasteiger partial charge is 0.449 e. The number of hydrogen-bond acceptors (Lipinski definition) is 8.